The van der Waals surface area contributed by atoms with Gasteiger partial charge in [-0.25, -0.2) is 13.8 Å². The highest BCUT2D eigenvalue weighted by Gasteiger charge is 2.15. The molecule has 18 heavy (non-hydrogen) atoms. The molecule has 0 aliphatic carbocycles. The van der Waals surface area contributed by atoms with Crippen LogP contribution in [-0.2, 0) is 6.42 Å². The lowest BCUT2D eigenvalue weighted by Gasteiger charge is -2.09. The van der Waals surface area contributed by atoms with Gasteiger partial charge in [0.25, 0.3) is 0 Å². The Labute approximate surface area is 103 Å². The largest absolute Gasteiger partial charge is 0.298 e. The van der Waals surface area contributed by atoms with Crippen molar-refractivity contribution in [3.8, 4) is 11.8 Å². The van der Waals surface area contributed by atoms with Crippen LogP contribution in [0.25, 0.3) is 5.69 Å². The summed E-state index contributed by atoms with van der Waals surface area (Å²) in [6.45, 7) is 1.96. The number of nitrogens with zero attached hydrogens (tertiary/aromatic N) is 3. The Morgan fingerprint density at radius 2 is 2.00 bits per heavy atom. The van der Waals surface area contributed by atoms with Crippen molar-refractivity contribution in [3.63, 3.8) is 0 Å². The second-order valence-corrected chi connectivity index (χ2v) is 3.86. The van der Waals surface area contributed by atoms with Crippen LogP contribution in [0.4, 0.5) is 8.78 Å². The van der Waals surface area contributed by atoms with Crippen LogP contribution in [0.2, 0.25) is 0 Å². The lowest BCUT2D eigenvalue weighted by Crippen LogP contribution is -2.06. The summed E-state index contributed by atoms with van der Waals surface area (Å²) in [6, 6.07) is 3.76. The lowest BCUT2D eigenvalue weighted by molar-refractivity contribution is 0.564. The zero-order chi connectivity index (χ0) is 13.1. The van der Waals surface area contributed by atoms with E-state index in [0.717, 1.165) is 18.6 Å². The van der Waals surface area contributed by atoms with Gasteiger partial charge in [0.1, 0.15) is 11.5 Å². The fourth-order valence-corrected chi connectivity index (χ4v) is 1.81. The molecule has 0 unspecified atom stereocenters. The fourth-order valence-electron chi connectivity index (χ4n) is 1.81. The monoisotopic (exact) mass is 247 g/mol. The van der Waals surface area contributed by atoms with Crippen molar-refractivity contribution in [1.82, 2.24) is 9.55 Å². The van der Waals surface area contributed by atoms with E-state index in [2.05, 4.69) is 4.98 Å². The van der Waals surface area contributed by atoms with E-state index in [1.165, 1.54) is 17.0 Å². The van der Waals surface area contributed by atoms with E-state index in [9.17, 15) is 8.78 Å². The fraction of sp³-hybridized carbons (Fsp3) is 0.231. The Balaban J connectivity index is 2.57. The molecule has 0 bridgehead atoms. The molecule has 0 N–H and O–H groups in total. The van der Waals surface area contributed by atoms with Crippen molar-refractivity contribution in [2.45, 2.75) is 19.8 Å². The van der Waals surface area contributed by atoms with Crippen molar-refractivity contribution in [1.29, 1.82) is 5.26 Å². The van der Waals surface area contributed by atoms with Crippen LogP contribution in [0.3, 0.4) is 0 Å². The maximum absolute atomic E-state index is 13.8. The van der Waals surface area contributed by atoms with Gasteiger partial charge in [-0.1, -0.05) is 6.92 Å². The molecule has 1 aromatic heterocycles. The van der Waals surface area contributed by atoms with Gasteiger partial charge in [0.2, 0.25) is 0 Å². The predicted molar refractivity (Wildman–Crippen MR) is 62.2 cm³/mol. The molecule has 92 valence electrons. The smallest absolute Gasteiger partial charge is 0.151 e. The number of benzene rings is 1. The zero-order valence-corrected chi connectivity index (χ0v) is 9.82. The van der Waals surface area contributed by atoms with E-state index in [4.69, 9.17) is 5.26 Å². The van der Waals surface area contributed by atoms with E-state index in [-0.39, 0.29) is 11.3 Å². The summed E-state index contributed by atoms with van der Waals surface area (Å²) in [6.07, 6.45) is 4.48. The van der Waals surface area contributed by atoms with Crippen molar-refractivity contribution in [3.05, 3.63) is 47.5 Å². The van der Waals surface area contributed by atoms with Gasteiger partial charge < -0.3 is 0 Å². The summed E-state index contributed by atoms with van der Waals surface area (Å²) in [5, 5.41) is 8.64. The average molecular weight is 247 g/mol. The minimum absolute atomic E-state index is 0.0362. The van der Waals surface area contributed by atoms with Crippen molar-refractivity contribution >= 4 is 0 Å². The lowest BCUT2D eigenvalue weighted by atomic mass is 10.2. The number of aryl methyl sites for hydroxylation is 1. The minimum Gasteiger partial charge on any atom is -0.298 e. The molecule has 0 radical (unpaired) electrons. The molecule has 2 rings (SSSR count). The third-order valence-electron chi connectivity index (χ3n) is 2.58. The summed E-state index contributed by atoms with van der Waals surface area (Å²) < 4.78 is 29.1. The normalized spacial score (nSPS) is 10.3. The first-order chi connectivity index (χ1) is 8.67. The van der Waals surface area contributed by atoms with E-state index < -0.39 is 11.6 Å². The number of nitriles is 1. The molecule has 3 nitrogen and oxygen atoms in total. The third-order valence-corrected chi connectivity index (χ3v) is 2.58. The Hall–Kier alpha value is -2.22. The van der Waals surface area contributed by atoms with Gasteiger partial charge in [0.15, 0.2) is 11.6 Å². The summed E-state index contributed by atoms with van der Waals surface area (Å²) in [7, 11) is 0. The maximum atomic E-state index is 13.8. The number of hydrogen-bond donors (Lipinski definition) is 0. The van der Waals surface area contributed by atoms with Crippen LogP contribution in [0.1, 0.15) is 24.7 Å². The molecule has 0 amide bonds. The quantitative estimate of drug-likeness (QED) is 0.836. The molecule has 5 heteroatoms. The van der Waals surface area contributed by atoms with E-state index in [1.807, 2.05) is 6.92 Å². The zero-order valence-electron chi connectivity index (χ0n) is 9.82. The van der Waals surface area contributed by atoms with Crippen LogP contribution in [0.5, 0.6) is 0 Å². The number of imidazole rings is 1. The first kappa shape index (κ1) is 12.2. The maximum Gasteiger partial charge on any atom is 0.151 e. The van der Waals surface area contributed by atoms with Gasteiger partial charge >= 0.3 is 0 Å². The Bertz CT molecular complexity index is 588. The van der Waals surface area contributed by atoms with Gasteiger partial charge in [-0.15, -0.1) is 0 Å². The van der Waals surface area contributed by atoms with Gasteiger partial charge in [0, 0.05) is 18.8 Å². The topological polar surface area (TPSA) is 41.6 Å². The summed E-state index contributed by atoms with van der Waals surface area (Å²) >= 11 is 0. The highest BCUT2D eigenvalue weighted by molar-refractivity contribution is 5.43. The minimum atomic E-state index is -0.762. The number of aromatic nitrogens is 2. The number of halogens is 2. The Morgan fingerprint density at radius 3 is 2.56 bits per heavy atom. The molecule has 0 aliphatic heterocycles. The number of rotatable bonds is 3. The van der Waals surface area contributed by atoms with E-state index in [1.54, 1.807) is 6.07 Å². The standard InChI is InChI=1S/C13H11F2N3/c1-2-3-12-17-4-5-18(12)13-10(14)6-9(8-16)7-11(13)15/h4-7H,2-3H2,1H3. The summed E-state index contributed by atoms with van der Waals surface area (Å²) in [5.41, 5.74) is -0.221. The van der Waals surface area contributed by atoms with E-state index in [0.29, 0.717) is 12.2 Å². The highest BCUT2D eigenvalue weighted by atomic mass is 19.1. The van der Waals surface area contributed by atoms with Crippen molar-refractivity contribution in [2.24, 2.45) is 0 Å². The predicted octanol–water partition coefficient (Wildman–Crippen LogP) is 2.97. The second kappa shape index (κ2) is 4.96. The van der Waals surface area contributed by atoms with E-state index >= 15 is 0 Å². The molecule has 0 aliphatic rings. The van der Waals surface area contributed by atoms with Gasteiger partial charge in [-0.3, -0.25) is 4.57 Å². The van der Waals surface area contributed by atoms with Gasteiger partial charge in [-0.2, -0.15) is 5.26 Å². The van der Waals surface area contributed by atoms with Gasteiger partial charge in [0.05, 0.1) is 11.6 Å². The number of hydrogen-bond acceptors (Lipinski definition) is 2. The van der Waals surface area contributed by atoms with Gasteiger partial charge in [-0.05, 0) is 18.6 Å². The molecule has 0 spiro atoms. The summed E-state index contributed by atoms with van der Waals surface area (Å²) in [5.74, 6) is -0.927. The first-order valence-electron chi connectivity index (χ1n) is 5.59. The molecular weight excluding hydrogens is 236 g/mol. The van der Waals surface area contributed by atoms with Crippen LogP contribution in [0.15, 0.2) is 24.5 Å². The van der Waals surface area contributed by atoms with Crippen LogP contribution < -0.4 is 0 Å². The molecule has 1 aromatic carbocycles. The first-order valence-corrected chi connectivity index (χ1v) is 5.59. The second-order valence-electron chi connectivity index (χ2n) is 3.86. The SMILES string of the molecule is CCCc1nccn1-c1c(F)cc(C#N)cc1F. The highest BCUT2D eigenvalue weighted by Crippen LogP contribution is 2.21. The average Bonchev–Trinajstić information content (AvgIpc) is 2.77. The molecule has 0 saturated heterocycles. The third kappa shape index (κ3) is 2.09. The van der Waals surface area contributed by atoms with Crippen molar-refractivity contribution in [2.75, 3.05) is 0 Å². The molecular formula is C13H11F2N3. The van der Waals surface area contributed by atoms with Crippen molar-refractivity contribution < 1.29 is 8.78 Å². The molecule has 1 heterocycles. The van der Waals surface area contributed by atoms with Crippen LogP contribution >= 0.6 is 0 Å². The molecule has 0 fully saturated rings. The van der Waals surface area contributed by atoms with Crippen LogP contribution in [-0.4, -0.2) is 9.55 Å². The Kier molecular flexibility index (Phi) is 3.38. The Morgan fingerprint density at radius 1 is 1.33 bits per heavy atom. The summed E-state index contributed by atoms with van der Waals surface area (Å²) in [4.78, 5) is 4.07. The molecule has 2 aromatic rings. The molecule has 0 saturated carbocycles. The van der Waals surface area contributed by atoms with Crippen LogP contribution in [0, 0.1) is 23.0 Å². The molecule has 0 atom stereocenters.